The predicted octanol–water partition coefficient (Wildman–Crippen LogP) is 2.12. The first-order valence-electron chi connectivity index (χ1n) is 3.54. The molecule has 0 radical (unpaired) electrons. The Labute approximate surface area is 68.7 Å². The van der Waals surface area contributed by atoms with Crippen molar-refractivity contribution in [3.63, 3.8) is 0 Å². The molecular formula is C8H16ClN. The summed E-state index contributed by atoms with van der Waals surface area (Å²) in [4.78, 5) is 2.19. The molecule has 0 unspecified atom stereocenters. The maximum atomic E-state index is 5.55. The molecule has 1 nitrogen and oxygen atoms in total. The van der Waals surface area contributed by atoms with Crippen LogP contribution in [0.2, 0.25) is 0 Å². The van der Waals surface area contributed by atoms with Gasteiger partial charge in [0.15, 0.2) is 0 Å². The van der Waals surface area contributed by atoms with Gasteiger partial charge in [-0.25, -0.2) is 0 Å². The minimum absolute atomic E-state index is 0.715. The second kappa shape index (κ2) is 5.75. The highest BCUT2D eigenvalue weighted by atomic mass is 35.5. The van der Waals surface area contributed by atoms with Crippen LogP contribution in [0, 0.1) is 0 Å². The number of nitrogens with zero attached hydrogens (tertiary/aromatic N) is 1. The van der Waals surface area contributed by atoms with Gasteiger partial charge in [0.05, 0.1) is 0 Å². The monoisotopic (exact) mass is 161 g/mol. The summed E-state index contributed by atoms with van der Waals surface area (Å²) >= 11 is 5.55. The first-order valence-corrected chi connectivity index (χ1v) is 4.08. The average Bonchev–Trinajstić information content (AvgIpc) is 1.85. The molecule has 0 amide bonds. The summed E-state index contributed by atoms with van der Waals surface area (Å²) in [5.41, 5.74) is 1.36. The molecule has 0 fully saturated rings. The zero-order chi connectivity index (χ0) is 7.98. The first-order chi connectivity index (χ1) is 4.66. The van der Waals surface area contributed by atoms with Gasteiger partial charge < -0.3 is 4.90 Å². The van der Waals surface area contributed by atoms with Gasteiger partial charge in [0.2, 0.25) is 0 Å². The molecule has 0 aliphatic rings. The van der Waals surface area contributed by atoms with Crippen LogP contribution in [0.15, 0.2) is 11.6 Å². The molecule has 0 aromatic rings. The maximum absolute atomic E-state index is 5.55. The predicted molar refractivity (Wildman–Crippen MR) is 47.6 cm³/mol. The number of rotatable bonds is 4. The van der Waals surface area contributed by atoms with Gasteiger partial charge in [-0.3, -0.25) is 0 Å². The van der Waals surface area contributed by atoms with E-state index in [1.807, 2.05) is 0 Å². The zero-order valence-corrected chi connectivity index (χ0v) is 7.78. The summed E-state index contributed by atoms with van der Waals surface area (Å²) in [6.07, 6.45) is 2.20. The Bertz CT molecular complexity index is 106. The highest BCUT2D eigenvalue weighted by Crippen LogP contribution is 1.91. The van der Waals surface area contributed by atoms with E-state index in [-0.39, 0.29) is 0 Å². The Morgan fingerprint density at radius 2 is 2.10 bits per heavy atom. The number of allylic oxidation sites excluding steroid dienone is 1. The molecule has 0 saturated carbocycles. The second-order valence-corrected chi connectivity index (χ2v) is 3.11. The quantitative estimate of drug-likeness (QED) is 0.451. The summed E-state index contributed by atoms with van der Waals surface area (Å²) in [5.74, 6) is 0.715. The summed E-state index contributed by atoms with van der Waals surface area (Å²) in [6.45, 7) is 6.18. The molecular weight excluding hydrogens is 146 g/mol. The smallest absolute Gasteiger partial charge is 0.0351 e. The van der Waals surface area contributed by atoms with Crippen molar-refractivity contribution >= 4 is 11.6 Å². The van der Waals surface area contributed by atoms with E-state index in [0.29, 0.717) is 5.88 Å². The van der Waals surface area contributed by atoms with Crippen molar-refractivity contribution in [2.24, 2.45) is 0 Å². The Kier molecular flexibility index (Phi) is 5.74. The lowest BCUT2D eigenvalue weighted by Crippen LogP contribution is -2.20. The summed E-state index contributed by atoms with van der Waals surface area (Å²) in [5, 5.41) is 0. The third-order valence-electron chi connectivity index (χ3n) is 1.28. The highest BCUT2D eigenvalue weighted by Gasteiger charge is 1.91. The number of hydrogen-bond donors (Lipinski definition) is 0. The van der Waals surface area contributed by atoms with E-state index in [0.717, 1.165) is 13.1 Å². The molecule has 0 bridgehead atoms. The molecule has 60 valence electrons. The van der Waals surface area contributed by atoms with E-state index in [1.165, 1.54) is 5.57 Å². The molecule has 0 N–H and O–H groups in total. The van der Waals surface area contributed by atoms with E-state index in [9.17, 15) is 0 Å². The van der Waals surface area contributed by atoms with Crippen LogP contribution in [0.1, 0.15) is 13.8 Å². The molecule has 0 atom stereocenters. The standard InChI is InChI=1S/C8H16ClN/c1-8(2)4-6-10(3)7-5-9/h4H,5-7H2,1-3H3. The Morgan fingerprint density at radius 3 is 2.50 bits per heavy atom. The largest absolute Gasteiger partial charge is 0.302 e. The average molecular weight is 162 g/mol. The van der Waals surface area contributed by atoms with Crippen molar-refractivity contribution in [1.82, 2.24) is 4.90 Å². The van der Waals surface area contributed by atoms with Gasteiger partial charge in [0.25, 0.3) is 0 Å². The van der Waals surface area contributed by atoms with E-state index < -0.39 is 0 Å². The molecule has 0 rings (SSSR count). The van der Waals surface area contributed by atoms with E-state index in [4.69, 9.17) is 11.6 Å². The number of likely N-dealkylation sites (N-methyl/N-ethyl adjacent to an activating group) is 1. The van der Waals surface area contributed by atoms with Crippen molar-refractivity contribution < 1.29 is 0 Å². The molecule has 0 aliphatic heterocycles. The van der Waals surface area contributed by atoms with Gasteiger partial charge >= 0.3 is 0 Å². The van der Waals surface area contributed by atoms with Crippen LogP contribution in [0.3, 0.4) is 0 Å². The summed E-state index contributed by atoms with van der Waals surface area (Å²) < 4.78 is 0. The lowest BCUT2D eigenvalue weighted by atomic mass is 10.3. The van der Waals surface area contributed by atoms with Crippen molar-refractivity contribution in [1.29, 1.82) is 0 Å². The van der Waals surface area contributed by atoms with Crippen LogP contribution in [-0.4, -0.2) is 30.9 Å². The van der Waals surface area contributed by atoms with Crippen molar-refractivity contribution in [2.45, 2.75) is 13.8 Å². The molecule has 0 heterocycles. The Hall–Kier alpha value is -0.0100. The van der Waals surface area contributed by atoms with E-state index >= 15 is 0 Å². The van der Waals surface area contributed by atoms with Gasteiger partial charge in [-0.05, 0) is 20.9 Å². The minimum atomic E-state index is 0.715. The molecule has 2 heteroatoms. The maximum Gasteiger partial charge on any atom is 0.0351 e. The number of hydrogen-bond acceptors (Lipinski definition) is 1. The zero-order valence-electron chi connectivity index (χ0n) is 7.02. The molecule has 10 heavy (non-hydrogen) atoms. The molecule has 0 aromatic carbocycles. The van der Waals surface area contributed by atoms with Gasteiger partial charge in [-0.15, -0.1) is 11.6 Å². The normalized spacial score (nSPS) is 10.1. The van der Waals surface area contributed by atoms with Gasteiger partial charge in [0.1, 0.15) is 0 Å². The van der Waals surface area contributed by atoms with Crippen LogP contribution in [0.4, 0.5) is 0 Å². The van der Waals surface area contributed by atoms with Gasteiger partial charge in [-0.1, -0.05) is 11.6 Å². The van der Waals surface area contributed by atoms with Crippen LogP contribution in [0.25, 0.3) is 0 Å². The molecule has 0 aliphatic carbocycles. The van der Waals surface area contributed by atoms with E-state index in [1.54, 1.807) is 0 Å². The third kappa shape index (κ3) is 6.12. The first kappa shape index (κ1) is 9.99. The van der Waals surface area contributed by atoms with Crippen LogP contribution >= 0.6 is 11.6 Å². The van der Waals surface area contributed by atoms with Crippen molar-refractivity contribution in [3.05, 3.63) is 11.6 Å². The fraction of sp³-hybridized carbons (Fsp3) is 0.750. The second-order valence-electron chi connectivity index (χ2n) is 2.73. The molecule has 0 aromatic heterocycles. The molecule has 0 spiro atoms. The van der Waals surface area contributed by atoms with Gasteiger partial charge in [0, 0.05) is 19.0 Å². The third-order valence-corrected chi connectivity index (χ3v) is 1.45. The molecule has 0 saturated heterocycles. The van der Waals surface area contributed by atoms with E-state index in [2.05, 4.69) is 31.9 Å². The summed E-state index contributed by atoms with van der Waals surface area (Å²) in [6, 6.07) is 0. The number of halogens is 1. The fourth-order valence-corrected chi connectivity index (χ4v) is 0.863. The Morgan fingerprint density at radius 1 is 1.50 bits per heavy atom. The topological polar surface area (TPSA) is 3.24 Å². The van der Waals surface area contributed by atoms with Crippen molar-refractivity contribution in [3.8, 4) is 0 Å². The van der Waals surface area contributed by atoms with Crippen molar-refractivity contribution in [2.75, 3.05) is 26.0 Å². The van der Waals surface area contributed by atoms with Crippen LogP contribution in [-0.2, 0) is 0 Å². The summed E-state index contributed by atoms with van der Waals surface area (Å²) in [7, 11) is 2.07. The van der Waals surface area contributed by atoms with Crippen LogP contribution < -0.4 is 0 Å². The van der Waals surface area contributed by atoms with Gasteiger partial charge in [-0.2, -0.15) is 0 Å². The fourth-order valence-electron chi connectivity index (χ4n) is 0.574. The van der Waals surface area contributed by atoms with Crippen LogP contribution in [0.5, 0.6) is 0 Å². The lowest BCUT2D eigenvalue weighted by Gasteiger charge is -2.11. The number of alkyl halides is 1. The SMILES string of the molecule is CC(C)=CCN(C)CCCl. The minimum Gasteiger partial charge on any atom is -0.302 e. The Balaban J connectivity index is 3.38. The highest BCUT2D eigenvalue weighted by molar-refractivity contribution is 6.18. The lowest BCUT2D eigenvalue weighted by molar-refractivity contribution is 0.394.